The van der Waals surface area contributed by atoms with Crippen molar-refractivity contribution in [3.05, 3.63) is 39.7 Å². The SMILES string of the molecule is O=C(c1cc(F)cc([N+](=O)[O-])c1)N1CCCCCC1CO. The zero-order valence-electron chi connectivity index (χ0n) is 11.5. The third kappa shape index (κ3) is 3.55. The number of aliphatic hydroxyl groups excluding tert-OH is 1. The van der Waals surface area contributed by atoms with E-state index in [9.17, 15) is 24.4 Å². The Morgan fingerprint density at radius 3 is 2.81 bits per heavy atom. The topological polar surface area (TPSA) is 83.7 Å². The second kappa shape index (κ2) is 6.62. The maximum Gasteiger partial charge on any atom is 0.273 e. The van der Waals surface area contributed by atoms with Crippen LogP contribution in [0.2, 0.25) is 0 Å². The summed E-state index contributed by atoms with van der Waals surface area (Å²) in [6.45, 7) is 0.303. The van der Waals surface area contributed by atoms with Gasteiger partial charge in [-0.3, -0.25) is 14.9 Å². The molecule has 2 rings (SSSR count). The molecule has 1 heterocycles. The Bertz CT molecular complexity index is 550. The Hall–Kier alpha value is -2.02. The van der Waals surface area contributed by atoms with Crippen molar-refractivity contribution in [1.29, 1.82) is 0 Å². The molecular formula is C14H17FN2O4. The van der Waals surface area contributed by atoms with Gasteiger partial charge >= 0.3 is 0 Å². The van der Waals surface area contributed by atoms with Gasteiger partial charge < -0.3 is 10.0 Å². The molecule has 1 aromatic carbocycles. The monoisotopic (exact) mass is 296 g/mol. The summed E-state index contributed by atoms with van der Waals surface area (Å²) in [5, 5.41) is 20.2. The van der Waals surface area contributed by atoms with E-state index in [4.69, 9.17) is 0 Å². The van der Waals surface area contributed by atoms with E-state index in [1.807, 2.05) is 0 Å². The maximum absolute atomic E-state index is 13.5. The average Bonchev–Trinajstić information content (AvgIpc) is 2.70. The molecule has 0 saturated carbocycles. The Labute approximate surface area is 121 Å². The minimum atomic E-state index is -0.817. The first-order chi connectivity index (χ1) is 10.0. The highest BCUT2D eigenvalue weighted by molar-refractivity contribution is 5.95. The van der Waals surface area contributed by atoms with Crippen LogP contribution in [0.25, 0.3) is 0 Å². The number of carbonyl (C=O) groups excluding carboxylic acids is 1. The van der Waals surface area contributed by atoms with Gasteiger partial charge in [0.05, 0.1) is 23.6 Å². The fourth-order valence-corrected chi connectivity index (χ4v) is 2.60. The summed E-state index contributed by atoms with van der Waals surface area (Å²) < 4.78 is 13.5. The molecule has 1 amide bonds. The number of carbonyl (C=O) groups is 1. The molecule has 1 saturated heterocycles. The number of benzene rings is 1. The van der Waals surface area contributed by atoms with Crippen LogP contribution in [0.3, 0.4) is 0 Å². The van der Waals surface area contributed by atoms with Crippen LogP contribution in [0.4, 0.5) is 10.1 Å². The zero-order valence-corrected chi connectivity index (χ0v) is 11.5. The number of nitro benzene ring substituents is 1. The number of nitrogens with zero attached hydrogens (tertiary/aromatic N) is 2. The van der Waals surface area contributed by atoms with Gasteiger partial charge in [0, 0.05) is 18.2 Å². The number of hydrogen-bond donors (Lipinski definition) is 1. The van der Waals surface area contributed by atoms with Crippen LogP contribution in [0, 0.1) is 15.9 Å². The summed E-state index contributed by atoms with van der Waals surface area (Å²) >= 11 is 0. The highest BCUT2D eigenvalue weighted by Gasteiger charge is 2.27. The fourth-order valence-electron chi connectivity index (χ4n) is 2.60. The number of nitro groups is 1. The predicted molar refractivity (Wildman–Crippen MR) is 73.4 cm³/mol. The molecule has 7 heteroatoms. The molecule has 1 aliphatic heterocycles. The number of likely N-dealkylation sites (tertiary alicyclic amines) is 1. The number of aliphatic hydroxyl groups is 1. The minimum Gasteiger partial charge on any atom is -0.394 e. The molecule has 1 fully saturated rings. The predicted octanol–water partition coefficient (Wildman–Crippen LogP) is 2.11. The summed E-state index contributed by atoms with van der Waals surface area (Å²) in [5.41, 5.74) is -0.504. The molecule has 1 aliphatic rings. The Balaban J connectivity index is 2.31. The van der Waals surface area contributed by atoms with E-state index in [1.165, 1.54) is 4.90 Å². The molecule has 0 radical (unpaired) electrons. The van der Waals surface area contributed by atoms with Crippen molar-refractivity contribution in [2.24, 2.45) is 0 Å². The summed E-state index contributed by atoms with van der Waals surface area (Å²) in [4.78, 5) is 24.0. The minimum absolute atomic E-state index is 0.0537. The Kier molecular flexibility index (Phi) is 4.85. The molecule has 1 atom stereocenters. The van der Waals surface area contributed by atoms with Gasteiger partial charge in [-0.05, 0) is 18.9 Å². The molecule has 0 aliphatic carbocycles. The molecule has 114 valence electrons. The first kappa shape index (κ1) is 15.4. The number of rotatable bonds is 3. The van der Waals surface area contributed by atoms with Gasteiger partial charge in [0.25, 0.3) is 11.6 Å². The van der Waals surface area contributed by atoms with E-state index >= 15 is 0 Å². The highest BCUT2D eigenvalue weighted by atomic mass is 19.1. The van der Waals surface area contributed by atoms with Crippen molar-refractivity contribution in [2.45, 2.75) is 31.7 Å². The van der Waals surface area contributed by atoms with Crippen molar-refractivity contribution in [3.63, 3.8) is 0 Å². The van der Waals surface area contributed by atoms with Gasteiger partial charge in [0.1, 0.15) is 5.82 Å². The van der Waals surface area contributed by atoms with Gasteiger partial charge in [-0.15, -0.1) is 0 Å². The highest BCUT2D eigenvalue weighted by Crippen LogP contribution is 2.22. The summed E-state index contributed by atoms with van der Waals surface area (Å²) in [6, 6.07) is 2.53. The van der Waals surface area contributed by atoms with Gasteiger partial charge in [-0.1, -0.05) is 12.8 Å². The number of amides is 1. The number of hydrogen-bond acceptors (Lipinski definition) is 4. The number of halogens is 1. The summed E-state index contributed by atoms with van der Waals surface area (Å²) in [5.74, 6) is -1.29. The summed E-state index contributed by atoms with van der Waals surface area (Å²) in [6.07, 6.45) is 3.36. The maximum atomic E-state index is 13.5. The van der Waals surface area contributed by atoms with Crippen LogP contribution in [0.1, 0.15) is 36.0 Å². The Morgan fingerprint density at radius 1 is 1.38 bits per heavy atom. The van der Waals surface area contributed by atoms with Crippen molar-refractivity contribution in [2.75, 3.05) is 13.2 Å². The van der Waals surface area contributed by atoms with E-state index in [0.29, 0.717) is 13.0 Å². The molecule has 0 aromatic heterocycles. The van der Waals surface area contributed by atoms with E-state index in [2.05, 4.69) is 0 Å². The van der Waals surface area contributed by atoms with Crippen molar-refractivity contribution < 1.29 is 19.2 Å². The van der Waals surface area contributed by atoms with Crippen LogP contribution < -0.4 is 0 Å². The van der Waals surface area contributed by atoms with Crippen LogP contribution in [0.15, 0.2) is 18.2 Å². The average molecular weight is 296 g/mol. The lowest BCUT2D eigenvalue weighted by atomic mass is 10.1. The van der Waals surface area contributed by atoms with Crippen molar-refractivity contribution >= 4 is 11.6 Å². The van der Waals surface area contributed by atoms with Crippen LogP contribution in [-0.4, -0.2) is 40.0 Å². The third-order valence-electron chi connectivity index (χ3n) is 3.69. The van der Waals surface area contributed by atoms with Crippen molar-refractivity contribution in [3.8, 4) is 0 Å². The molecule has 0 spiro atoms. The van der Waals surface area contributed by atoms with E-state index in [-0.39, 0.29) is 18.2 Å². The third-order valence-corrected chi connectivity index (χ3v) is 3.69. The van der Waals surface area contributed by atoms with E-state index in [0.717, 1.165) is 37.5 Å². The Morgan fingerprint density at radius 2 is 2.14 bits per heavy atom. The van der Waals surface area contributed by atoms with Crippen LogP contribution in [-0.2, 0) is 0 Å². The second-order valence-corrected chi connectivity index (χ2v) is 5.14. The molecular weight excluding hydrogens is 279 g/mol. The first-order valence-electron chi connectivity index (χ1n) is 6.89. The van der Waals surface area contributed by atoms with Crippen LogP contribution in [0.5, 0.6) is 0 Å². The van der Waals surface area contributed by atoms with Crippen molar-refractivity contribution in [1.82, 2.24) is 4.90 Å². The van der Waals surface area contributed by atoms with Crippen LogP contribution >= 0.6 is 0 Å². The second-order valence-electron chi connectivity index (χ2n) is 5.14. The quantitative estimate of drug-likeness (QED) is 0.684. The number of non-ortho nitro benzene ring substituents is 1. The molecule has 6 nitrogen and oxygen atoms in total. The lowest BCUT2D eigenvalue weighted by Crippen LogP contribution is -2.42. The molecule has 1 N–H and O–H groups in total. The van der Waals surface area contributed by atoms with Gasteiger partial charge in [0.15, 0.2) is 0 Å². The summed E-state index contributed by atoms with van der Waals surface area (Å²) in [7, 11) is 0. The lowest BCUT2D eigenvalue weighted by Gasteiger charge is -2.28. The normalized spacial score (nSPS) is 19.1. The largest absolute Gasteiger partial charge is 0.394 e. The zero-order chi connectivity index (χ0) is 15.4. The van der Waals surface area contributed by atoms with E-state index in [1.54, 1.807) is 0 Å². The smallest absolute Gasteiger partial charge is 0.273 e. The molecule has 21 heavy (non-hydrogen) atoms. The van der Waals surface area contributed by atoms with Gasteiger partial charge in [-0.25, -0.2) is 4.39 Å². The first-order valence-corrected chi connectivity index (χ1v) is 6.89. The fraction of sp³-hybridized carbons (Fsp3) is 0.500. The van der Waals surface area contributed by atoms with Gasteiger partial charge in [0.2, 0.25) is 0 Å². The van der Waals surface area contributed by atoms with E-state index < -0.39 is 22.3 Å². The van der Waals surface area contributed by atoms with Gasteiger partial charge in [-0.2, -0.15) is 0 Å². The molecule has 1 unspecified atom stereocenters. The molecule has 0 bridgehead atoms. The standard InChI is InChI=1S/C14H17FN2O4/c15-11-6-10(7-13(8-11)17(20)21)14(19)16-5-3-1-2-4-12(16)9-18/h6-8,12,18H,1-5,9H2. The lowest BCUT2D eigenvalue weighted by molar-refractivity contribution is -0.385. The molecule has 1 aromatic rings.